The van der Waals surface area contributed by atoms with Crippen LogP contribution in [0.25, 0.3) is 0 Å². The molecule has 2 aromatic rings. The minimum atomic E-state index is -3.30. The molecule has 24 heavy (non-hydrogen) atoms. The van der Waals surface area contributed by atoms with Crippen molar-refractivity contribution in [2.24, 2.45) is 0 Å². The molecule has 0 bridgehead atoms. The molecule has 0 spiro atoms. The Labute approximate surface area is 144 Å². The summed E-state index contributed by atoms with van der Waals surface area (Å²) >= 11 is 0. The first-order valence-corrected chi connectivity index (χ1v) is 9.68. The number of hydrogen-bond donors (Lipinski definition) is 2. The maximum atomic E-state index is 12.0. The van der Waals surface area contributed by atoms with Gasteiger partial charge in [0.1, 0.15) is 5.75 Å². The van der Waals surface area contributed by atoms with Crippen LogP contribution in [-0.4, -0.2) is 27.3 Å². The fraction of sp³-hybridized carbons (Fsp3) is 0.333. The summed E-state index contributed by atoms with van der Waals surface area (Å²) in [5, 5.41) is 3.16. The lowest BCUT2D eigenvalue weighted by molar-refractivity contribution is 0.335. The molecule has 2 N–H and O–H groups in total. The lowest BCUT2D eigenvalue weighted by Gasteiger charge is -2.11. The SMILES string of the molecule is CCOc1ccccc1CNCCS(=O)(=O)NCc1ccccc1. The molecule has 0 aromatic heterocycles. The quantitative estimate of drug-likeness (QED) is 0.647. The molecule has 0 fully saturated rings. The number of ether oxygens (including phenoxy) is 1. The van der Waals surface area contributed by atoms with Gasteiger partial charge >= 0.3 is 0 Å². The molecule has 0 unspecified atom stereocenters. The number of hydrogen-bond acceptors (Lipinski definition) is 4. The highest BCUT2D eigenvalue weighted by Crippen LogP contribution is 2.17. The van der Waals surface area contributed by atoms with E-state index in [9.17, 15) is 8.42 Å². The second kappa shape index (κ2) is 9.42. The van der Waals surface area contributed by atoms with Gasteiger partial charge in [0.2, 0.25) is 10.0 Å². The molecule has 6 heteroatoms. The summed E-state index contributed by atoms with van der Waals surface area (Å²) in [5.41, 5.74) is 1.97. The number of benzene rings is 2. The third-order valence-electron chi connectivity index (χ3n) is 3.47. The van der Waals surface area contributed by atoms with Crippen molar-refractivity contribution in [3.63, 3.8) is 0 Å². The van der Waals surface area contributed by atoms with Crippen molar-refractivity contribution in [1.82, 2.24) is 10.0 Å². The Morgan fingerprint density at radius 1 is 0.958 bits per heavy atom. The van der Waals surface area contributed by atoms with E-state index in [1.54, 1.807) is 0 Å². The molecule has 0 atom stereocenters. The number of sulfonamides is 1. The molecule has 5 nitrogen and oxygen atoms in total. The van der Waals surface area contributed by atoms with E-state index >= 15 is 0 Å². The molecule has 2 rings (SSSR count). The number of para-hydroxylation sites is 1. The summed E-state index contributed by atoms with van der Waals surface area (Å²) in [6, 6.07) is 17.2. The second-order valence-corrected chi connectivity index (χ2v) is 7.27. The Morgan fingerprint density at radius 2 is 1.67 bits per heavy atom. The van der Waals surface area contributed by atoms with Crippen molar-refractivity contribution in [3.8, 4) is 5.75 Å². The summed E-state index contributed by atoms with van der Waals surface area (Å²) in [4.78, 5) is 0. The summed E-state index contributed by atoms with van der Waals surface area (Å²) in [5.74, 6) is 0.869. The smallest absolute Gasteiger partial charge is 0.213 e. The van der Waals surface area contributed by atoms with Crippen LogP contribution in [0, 0.1) is 0 Å². The highest BCUT2D eigenvalue weighted by molar-refractivity contribution is 7.89. The zero-order valence-electron chi connectivity index (χ0n) is 13.9. The van der Waals surface area contributed by atoms with E-state index in [1.165, 1.54) is 0 Å². The van der Waals surface area contributed by atoms with E-state index in [2.05, 4.69) is 10.0 Å². The van der Waals surface area contributed by atoms with Crippen LogP contribution in [0.15, 0.2) is 54.6 Å². The third kappa shape index (κ3) is 6.31. The van der Waals surface area contributed by atoms with Gasteiger partial charge in [0, 0.05) is 25.2 Å². The first-order chi connectivity index (χ1) is 11.6. The van der Waals surface area contributed by atoms with Gasteiger partial charge in [-0.1, -0.05) is 48.5 Å². The number of nitrogens with one attached hydrogen (secondary N) is 2. The van der Waals surface area contributed by atoms with E-state index in [4.69, 9.17) is 4.74 Å². The van der Waals surface area contributed by atoms with Gasteiger partial charge in [-0.2, -0.15) is 0 Å². The van der Waals surface area contributed by atoms with Gasteiger partial charge in [-0.05, 0) is 18.6 Å². The van der Waals surface area contributed by atoms with Gasteiger partial charge in [-0.15, -0.1) is 0 Å². The maximum Gasteiger partial charge on any atom is 0.213 e. The Kier molecular flexibility index (Phi) is 7.24. The van der Waals surface area contributed by atoms with Crippen LogP contribution in [0.1, 0.15) is 18.1 Å². The van der Waals surface area contributed by atoms with Crippen LogP contribution in [0.3, 0.4) is 0 Å². The molecule has 0 amide bonds. The molecular formula is C18H24N2O3S. The molecular weight excluding hydrogens is 324 g/mol. The summed E-state index contributed by atoms with van der Waals surface area (Å²) in [6.45, 7) is 3.81. The van der Waals surface area contributed by atoms with E-state index in [0.29, 0.717) is 26.2 Å². The van der Waals surface area contributed by atoms with Crippen molar-refractivity contribution in [2.45, 2.75) is 20.0 Å². The predicted molar refractivity (Wildman–Crippen MR) is 96.4 cm³/mol. The lowest BCUT2D eigenvalue weighted by Crippen LogP contribution is -2.31. The van der Waals surface area contributed by atoms with Crippen molar-refractivity contribution in [2.75, 3.05) is 18.9 Å². The molecule has 0 aliphatic rings. The molecule has 0 saturated carbocycles. The molecule has 0 radical (unpaired) electrons. The Bertz CT molecular complexity index is 718. The Balaban J connectivity index is 1.75. The van der Waals surface area contributed by atoms with Gasteiger partial charge in [0.25, 0.3) is 0 Å². The van der Waals surface area contributed by atoms with Crippen molar-refractivity contribution in [1.29, 1.82) is 0 Å². The normalized spacial score (nSPS) is 11.4. The zero-order chi connectivity index (χ0) is 17.3. The van der Waals surface area contributed by atoms with Crippen LogP contribution in [0.2, 0.25) is 0 Å². The summed E-state index contributed by atoms with van der Waals surface area (Å²) in [7, 11) is -3.30. The largest absolute Gasteiger partial charge is 0.494 e. The molecule has 2 aromatic carbocycles. The molecule has 0 saturated heterocycles. The topological polar surface area (TPSA) is 67.4 Å². The van der Waals surface area contributed by atoms with E-state index in [-0.39, 0.29) is 5.75 Å². The molecule has 0 aliphatic heterocycles. The van der Waals surface area contributed by atoms with Gasteiger partial charge in [-0.25, -0.2) is 13.1 Å². The zero-order valence-corrected chi connectivity index (χ0v) is 14.7. The lowest BCUT2D eigenvalue weighted by atomic mass is 10.2. The highest BCUT2D eigenvalue weighted by atomic mass is 32.2. The van der Waals surface area contributed by atoms with Crippen LogP contribution < -0.4 is 14.8 Å². The van der Waals surface area contributed by atoms with Crippen LogP contribution in [-0.2, 0) is 23.1 Å². The first kappa shape index (κ1) is 18.4. The van der Waals surface area contributed by atoms with E-state index in [1.807, 2.05) is 61.5 Å². The Morgan fingerprint density at radius 3 is 2.42 bits per heavy atom. The predicted octanol–water partition coefficient (Wildman–Crippen LogP) is 2.29. The fourth-order valence-corrected chi connectivity index (χ4v) is 3.18. The summed E-state index contributed by atoms with van der Waals surface area (Å²) < 4.78 is 32.2. The second-order valence-electron chi connectivity index (χ2n) is 5.34. The van der Waals surface area contributed by atoms with Crippen LogP contribution in [0.5, 0.6) is 5.75 Å². The van der Waals surface area contributed by atoms with Gasteiger partial charge < -0.3 is 10.1 Å². The summed E-state index contributed by atoms with van der Waals surface area (Å²) in [6.07, 6.45) is 0. The van der Waals surface area contributed by atoms with Crippen LogP contribution in [0.4, 0.5) is 0 Å². The van der Waals surface area contributed by atoms with Gasteiger partial charge in [0.15, 0.2) is 0 Å². The van der Waals surface area contributed by atoms with E-state index < -0.39 is 10.0 Å². The van der Waals surface area contributed by atoms with Crippen molar-refractivity contribution in [3.05, 3.63) is 65.7 Å². The third-order valence-corrected chi connectivity index (χ3v) is 4.80. The van der Waals surface area contributed by atoms with E-state index in [0.717, 1.165) is 16.9 Å². The van der Waals surface area contributed by atoms with Crippen molar-refractivity contribution < 1.29 is 13.2 Å². The standard InChI is InChI=1S/C18H24N2O3S/c1-2-23-18-11-7-6-10-17(18)15-19-12-13-24(21,22)20-14-16-8-4-3-5-9-16/h3-11,19-20H,2,12-15H2,1H3. The first-order valence-electron chi connectivity index (χ1n) is 8.03. The Hall–Kier alpha value is -1.89. The fourth-order valence-electron chi connectivity index (χ4n) is 2.24. The molecule has 0 heterocycles. The van der Waals surface area contributed by atoms with Gasteiger partial charge in [0.05, 0.1) is 12.4 Å². The van der Waals surface area contributed by atoms with Crippen LogP contribution >= 0.6 is 0 Å². The van der Waals surface area contributed by atoms with Gasteiger partial charge in [-0.3, -0.25) is 0 Å². The minimum absolute atomic E-state index is 0.0383. The average Bonchev–Trinajstić information content (AvgIpc) is 2.60. The maximum absolute atomic E-state index is 12.0. The monoisotopic (exact) mass is 348 g/mol. The molecule has 0 aliphatic carbocycles. The highest BCUT2D eigenvalue weighted by Gasteiger charge is 2.09. The molecule has 130 valence electrons. The van der Waals surface area contributed by atoms with Crippen molar-refractivity contribution >= 4 is 10.0 Å². The average molecular weight is 348 g/mol. The minimum Gasteiger partial charge on any atom is -0.494 e. The number of rotatable bonds is 10.